The Labute approximate surface area is 211 Å². The second-order valence-corrected chi connectivity index (χ2v) is 14.5. The predicted molar refractivity (Wildman–Crippen MR) is 134 cm³/mol. The monoisotopic (exact) mass is 486 g/mol. The number of allylic oxidation sites excluding steroid dienone is 2. The first-order valence-corrected chi connectivity index (χ1v) is 13.9. The van der Waals surface area contributed by atoms with Crippen LogP contribution in [-0.2, 0) is 14.3 Å². The van der Waals surface area contributed by atoms with E-state index in [1.54, 1.807) is 19.4 Å². The molecule has 9 unspecified atom stereocenters. The lowest BCUT2D eigenvalue weighted by molar-refractivity contribution is -0.238. The normalized spacial score (nSPS) is 49.7. The topological polar surface area (TPSA) is 83.8 Å². The van der Waals surface area contributed by atoms with Crippen molar-refractivity contribution in [2.24, 2.45) is 45.3 Å². The minimum atomic E-state index is -1.30. The second-order valence-electron chi connectivity index (χ2n) is 14.5. The molecule has 5 aliphatic rings. The van der Waals surface area contributed by atoms with Gasteiger partial charge in [0.2, 0.25) is 0 Å². The molecular formula is C30H46O5. The standard InChI is InChI=1S/C30H46O5/c1-26(2)22-9-8-20-19(28(22,5)13-12-23(26)32)11-15-29(6)18(10-14-30(20,29)7)17-16-21(31)24(27(3,4)34)35-25(17)33/h8,17-19,22,24-25,33-34H,9-16H2,1-7H3. The van der Waals surface area contributed by atoms with Gasteiger partial charge in [-0.05, 0) is 86.4 Å². The van der Waals surface area contributed by atoms with Crippen LogP contribution in [0.1, 0.15) is 99.8 Å². The number of carbonyl (C=O) groups excluding carboxylic acids is 2. The van der Waals surface area contributed by atoms with Gasteiger partial charge in [-0.15, -0.1) is 0 Å². The number of aliphatic hydroxyl groups excluding tert-OH is 1. The third-order valence-electron chi connectivity index (χ3n) is 12.2. The summed E-state index contributed by atoms with van der Waals surface area (Å²) in [6.45, 7) is 14.8. The highest BCUT2D eigenvalue weighted by molar-refractivity contribution is 5.86. The van der Waals surface area contributed by atoms with E-state index in [4.69, 9.17) is 4.74 Å². The lowest BCUT2D eigenvalue weighted by Gasteiger charge is -2.63. The fourth-order valence-electron chi connectivity index (χ4n) is 9.90. The number of aliphatic hydroxyl groups is 2. The molecule has 1 saturated heterocycles. The quantitative estimate of drug-likeness (QED) is 0.523. The van der Waals surface area contributed by atoms with Crippen LogP contribution in [0.3, 0.4) is 0 Å². The number of ether oxygens (including phenoxy) is 1. The van der Waals surface area contributed by atoms with E-state index in [-0.39, 0.29) is 45.7 Å². The Morgan fingerprint density at radius 2 is 1.71 bits per heavy atom. The molecule has 35 heavy (non-hydrogen) atoms. The molecule has 5 heteroatoms. The first-order chi connectivity index (χ1) is 16.1. The van der Waals surface area contributed by atoms with Gasteiger partial charge in [0.25, 0.3) is 0 Å². The van der Waals surface area contributed by atoms with Crippen molar-refractivity contribution < 1.29 is 24.5 Å². The van der Waals surface area contributed by atoms with Crippen molar-refractivity contribution in [3.8, 4) is 0 Å². The van der Waals surface area contributed by atoms with E-state index in [0.717, 1.165) is 38.5 Å². The molecule has 0 aromatic heterocycles. The fourth-order valence-corrected chi connectivity index (χ4v) is 9.90. The van der Waals surface area contributed by atoms with Crippen LogP contribution in [0.15, 0.2) is 11.6 Å². The minimum Gasteiger partial charge on any atom is -0.387 e. The van der Waals surface area contributed by atoms with Crippen molar-refractivity contribution in [2.45, 2.75) is 118 Å². The number of rotatable bonds is 2. The van der Waals surface area contributed by atoms with Gasteiger partial charge in [-0.3, -0.25) is 9.59 Å². The molecule has 0 amide bonds. The maximum absolute atomic E-state index is 13.0. The van der Waals surface area contributed by atoms with E-state index in [0.29, 0.717) is 24.0 Å². The average molecular weight is 487 g/mol. The zero-order valence-electron chi connectivity index (χ0n) is 22.8. The first kappa shape index (κ1) is 25.6. The maximum Gasteiger partial charge on any atom is 0.165 e. The Kier molecular flexibility index (Phi) is 5.66. The molecule has 5 rings (SSSR count). The molecule has 0 aromatic carbocycles. The number of hydrogen-bond donors (Lipinski definition) is 2. The summed E-state index contributed by atoms with van der Waals surface area (Å²) < 4.78 is 5.78. The van der Waals surface area contributed by atoms with Crippen LogP contribution in [0.25, 0.3) is 0 Å². The molecule has 5 nitrogen and oxygen atoms in total. The SMILES string of the molecule is CC(C)(O)C1OC(O)C(C2CCC3(C)C4=CCC5C(C)(C)C(=O)CCC5(C)C4CCC23C)CC1=O. The summed E-state index contributed by atoms with van der Waals surface area (Å²) in [5.74, 6) is 1.18. The Morgan fingerprint density at radius 3 is 2.37 bits per heavy atom. The van der Waals surface area contributed by atoms with Gasteiger partial charge in [0, 0.05) is 24.2 Å². The van der Waals surface area contributed by atoms with Crippen molar-refractivity contribution in [1.82, 2.24) is 0 Å². The lowest BCUT2D eigenvalue weighted by Crippen LogP contribution is -2.58. The highest BCUT2D eigenvalue weighted by Crippen LogP contribution is 2.73. The lowest BCUT2D eigenvalue weighted by atomic mass is 9.41. The van der Waals surface area contributed by atoms with E-state index in [9.17, 15) is 19.8 Å². The van der Waals surface area contributed by atoms with E-state index in [1.165, 1.54) is 0 Å². The second kappa shape index (κ2) is 7.74. The van der Waals surface area contributed by atoms with Gasteiger partial charge >= 0.3 is 0 Å². The van der Waals surface area contributed by atoms with Crippen molar-refractivity contribution in [2.75, 3.05) is 0 Å². The molecule has 3 saturated carbocycles. The van der Waals surface area contributed by atoms with E-state index in [2.05, 4.69) is 40.7 Å². The molecular weight excluding hydrogens is 440 g/mol. The van der Waals surface area contributed by atoms with Gasteiger partial charge in [0.15, 0.2) is 12.1 Å². The summed E-state index contributed by atoms with van der Waals surface area (Å²) in [4.78, 5) is 25.8. The highest BCUT2D eigenvalue weighted by Gasteiger charge is 2.66. The molecule has 4 aliphatic carbocycles. The average Bonchev–Trinajstić information content (AvgIpc) is 3.03. The van der Waals surface area contributed by atoms with Crippen LogP contribution >= 0.6 is 0 Å². The molecule has 0 spiro atoms. The van der Waals surface area contributed by atoms with Crippen molar-refractivity contribution in [3.63, 3.8) is 0 Å². The summed E-state index contributed by atoms with van der Waals surface area (Å²) >= 11 is 0. The van der Waals surface area contributed by atoms with Crippen molar-refractivity contribution in [3.05, 3.63) is 11.6 Å². The molecule has 1 aliphatic heterocycles. The van der Waals surface area contributed by atoms with Crippen molar-refractivity contribution >= 4 is 11.6 Å². The van der Waals surface area contributed by atoms with Crippen LogP contribution < -0.4 is 0 Å². The zero-order chi connectivity index (χ0) is 25.8. The third-order valence-corrected chi connectivity index (χ3v) is 12.2. The summed E-state index contributed by atoms with van der Waals surface area (Å²) in [5, 5.41) is 21.4. The molecule has 4 fully saturated rings. The first-order valence-electron chi connectivity index (χ1n) is 13.9. The Balaban J connectivity index is 1.46. The van der Waals surface area contributed by atoms with E-state index < -0.39 is 18.0 Å². The number of fused-ring (bicyclic) bond motifs is 5. The summed E-state index contributed by atoms with van der Waals surface area (Å²) in [6.07, 6.45) is 7.63. The molecule has 2 N–H and O–H groups in total. The fraction of sp³-hybridized carbons (Fsp3) is 0.867. The van der Waals surface area contributed by atoms with E-state index in [1.807, 2.05) is 0 Å². The number of hydrogen-bond acceptors (Lipinski definition) is 5. The smallest absolute Gasteiger partial charge is 0.165 e. The molecule has 0 radical (unpaired) electrons. The summed E-state index contributed by atoms with van der Waals surface area (Å²) in [7, 11) is 0. The third kappa shape index (κ3) is 3.36. The van der Waals surface area contributed by atoms with E-state index >= 15 is 0 Å². The molecule has 0 bridgehead atoms. The van der Waals surface area contributed by atoms with Gasteiger partial charge in [-0.25, -0.2) is 0 Å². The summed E-state index contributed by atoms with van der Waals surface area (Å²) in [6, 6.07) is 0. The molecule has 1 heterocycles. The van der Waals surface area contributed by atoms with Gasteiger partial charge in [0.1, 0.15) is 11.9 Å². The predicted octanol–water partition coefficient (Wildman–Crippen LogP) is 5.22. The Morgan fingerprint density at radius 1 is 1.03 bits per heavy atom. The van der Waals surface area contributed by atoms with Crippen molar-refractivity contribution in [1.29, 1.82) is 0 Å². The number of Topliss-reactive ketones (excluding diaryl/α,β-unsaturated/α-hetero) is 2. The van der Waals surface area contributed by atoms with Crippen LogP contribution in [0.5, 0.6) is 0 Å². The van der Waals surface area contributed by atoms with Crippen LogP contribution in [0.2, 0.25) is 0 Å². The summed E-state index contributed by atoms with van der Waals surface area (Å²) in [5.41, 5.74) is 0.169. The Bertz CT molecular complexity index is 958. The van der Waals surface area contributed by atoms with Crippen LogP contribution in [-0.4, -0.2) is 39.8 Å². The van der Waals surface area contributed by atoms with Crippen LogP contribution in [0, 0.1) is 45.3 Å². The minimum absolute atomic E-state index is 0.0185. The molecule has 196 valence electrons. The maximum atomic E-state index is 13.0. The molecule has 0 aromatic rings. The molecule has 9 atom stereocenters. The van der Waals surface area contributed by atoms with Gasteiger partial charge in [-0.1, -0.05) is 46.3 Å². The largest absolute Gasteiger partial charge is 0.387 e. The zero-order valence-corrected chi connectivity index (χ0v) is 22.8. The van der Waals surface area contributed by atoms with Gasteiger partial charge in [-0.2, -0.15) is 0 Å². The Hall–Kier alpha value is -1.04. The van der Waals surface area contributed by atoms with Crippen LogP contribution in [0.4, 0.5) is 0 Å². The van der Waals surface area contributed by atoms with Gasteiger partial charge < -0.3 is 14.9 Å². The van der Waals surface area contributed by atoms with Gasteiger partial charge in [0.05, 0.1) is 5.60 Å². The number of ketones is 2. The highest BCUT2D eigenvalue weighted by atomic mass is 16.6. The number of carbonyl (C=O) groups is 2.